The first-order valence-electron chi connectivity index (χ1n) is 11.5. The second-order valence-electron chi connectivity index (χ2n) is 8.83. The number of aliphatic hydroxyl groups excluding tert-OH is 1. The number of rotatable bonds is 7. The van der Waals surface area contributed by atoms with Gasteiger partial charge in [0.25, 0.3) is 0 Å². The smallest absolute Gasteiger partial charge is 0.123 e. The van der Waals surface area contributed by atoms with Gasteiger partial charge in [0, 0.05) is 66.6 Å². The third-order valence-corrected chi connectivity index (χ3v) is 6.64. The number of nitrogens with zero attached hydrogens (tertiary/aromatic N) is 3. The lowest BCUT2D eigenvalue weighted by Gasteiger charge is -2.36. The van der Waals surface area contributed by atoms with Crippen molar-refractivity contribution in [1.29, 1.82) is 0 Å². The number of aliphatic hydroxyl groups is 1. The van der Waals surface area contributed by atoms with Gasteiger partial charge in [0.15, 0.2) is 0 Å². The SMILES string of the molecule is COc1ccc(F)cc1CN1CCN(CC(O)Cn2c3ccccc3c3ccccc32)CC1. The molecule has 3 aromatic carbocycles. The summed E-state index contributed by atoms with van der Waals surface area (Å²) < 4.78 is 21.3. The highest BCUT2D eigenvalue weighted by atomic mass is 19.1. The highest BCUT2D eigenvalue weighted by molar-refractivity contribution is 6.07. The van der Waals surface area contributed by atoms with Gasteiger partial charge in [0.2, 0.25) is 0 Å². The maximum absolute atomic E-state index is 13.7. The van der Waals surface area contributed by atoms with E-state index in [1.54, 1.807) is 19.2 Å². The predicted octanol–water partition coefficient (Wildman–Crippen LogP) is 4.12. The Labute approximate surface area is 193 Å². The van der Waals surface area contributed by atoms with Crippen LogP contribution in [0.2, 0.25) is 0 Å². The normalized spacial score (nSPS) is 16.5. The largest absolute Gasteiger partial charge is 0.496 e. The number of fused-ring (bicyclic) bond motifs is 3. The molecule has 1 fully saturated rings. The molecule has 1 saturated heterocycles. The Morgan fingerprint density at radius 2 is 1.45 bits per heavy atom. The second-order valence-corrected chi connectivity index (χ2v) is 8.83. The molecule has 5 rings (SSSR count). The average Bonchev–Trinajstić information content (AvgIpc) is 3.14. The first kappa shape index (κ1) is 21.9. The maximum Gasteiger partial charge on any atom is 0.123 e. The summed E-state index contributed by atoms with van der Waals surface area (Å²) in [7, 11) is 1.62. The van der Waals surface area contributed by atoms with E-state index >= 15 is 0 Å². The molecule has 1 aliphatic rings. The van der Waals surface area contributed by atoms with E-state index in [2.05, 4.69) is 62.9 Å². The lowest BCUT2D eigenvalue weighted by Crippen LogP contribution is -2.48. The zero-order valence-electron chi connectivity index (χ0n) is 19.0. The molecule has 1 N–H and O–H groups in total. The molecule has 4 aromatic rings. The first-order chi connectivity index (χ1) is 16.1. The average molecular weight is 448 g/mol. The quantitative estimate of drug-likeness (QED) is 0.463. The van der Waals surface area contributed by atoms with Crippen LogP contribution in [0.15, 0.2) is 66.7 Å². The number of β-amino-alcohol motifs (C(OH)–C–C–N with tert-alkyl or cyclic N) is 1. The van der Waals surface area contributed by atoms with Crippen LogP contribution >= 0.6 is 0 Å². The molecule has 0 aliphatic carbocycles. The maximum atomic E-state index is 13.7. The van der Waals surface area contributed by atoms with Gasteiger partial charge in [-0.05, 0) is 30.3 Å². The molecule has 6 heteroatoms. The number of benzene rings is 3. The number of aromatic nitrogens is 1. The van der Waals surface area contributed by atoms with Gasteiger partial charge in [-0.25, -0.2) is 4.39 Å². The Bertz CT molecular complexity index is 1190. The first-order valence-corrected chi connectivity index (χ1v) is 11.5. The van der Waals surface area contributed by atoms with Gasteiger partial charge in [0.05, 0.1) is 19.8 Å². The molecular formula is C27H30FN3O2. The van der Waals surface area contributed by atoms with Crippen molar-refractivity contribution in [1.82, 2.24) is 14.4 Å². The predicted molar refractivity (Wildman–Crippen MR) is 130 cm³/mol. The molecular weight excluding hydrogens is 417 g/mol. The van der Waals surface area contributed by atoms with Gasteiger partial charge < -0.3 is 14.4 Å². The molecule has 1 aliphatic heterocycles. The summed E-state index contributed by atoms with van der Waals surface area (Å²) in [5.74, 6) is 0.484. The lowest BCUT2D eigenvalue weighted by atomic mass is 10.1. The molecule has 5 nitrogen and oxygen atoms in total. The van der Waals surface area contributed by atoms with E-state index in [9.17, 15) is 9.50 Å². The summed E-state index contributed by atoms with van der Waals surface area (Å²) in [5.41, 5.74) is 3.19. The van der Waals surface area contributed by atoms with Crippen molar-refractivity contribution >= 4 is 21.8 Å². The Hall–Kier alpha value is -2.93. The van der Waals surface area contributed by atoms with E-state index in [-0.39, 0.29) is 5.82 Å². The fourth-order valence-corrected chi connectivity index (χ4v) is 5.01. The van der Waals surface area contributed by atoms with Crippen molar-refractivity contribution in [2.45, 2.75) is 19.2 Å². The van der Waals surface area contributed by atoms with Crippen LogP contribution in [0.25, 0.3) is 21.8 Å². The number of piperazine rings is 1. The van der Waals surface area contributed by atoms with Crippen molar-refractivity contribution in [3.8, 4) is 5.75 Å². The molecule has 172 valence electrons. The van der Waals surface area contributed by atoms with Crippen molar-refractivity contribution in [3.63, 3.8) is 0 Å². The number of hydrogen-bond donors (Lipinski definition) is 1. The number of ether oxygens (including phenoxy) is 1. The van der Waals surface area contributed by atoms with E-state index in [0.717, 1.165) is 48.5 Å². The minimum Gasteiger partial charge on any atom is -0.496 e. The summed E-state index contributed by atoms with van der Waals surface area (Å²) in [6.45, 7) is 5.37. The van der Waals surface area contributed by atoms with Crippen LogP contribution in [-0.4, -0.2) is 65.4 Å². The summed E-state index contributed by atoms with van der Waals surface area (Å²) in [5, 5.41) is 13.4. The topological polar surface area (TPSA) is 40.9 Å². The van der Waals surface area contributed by atoms with Crippen LogP contribution in [0, 0.1) is 5.82 Å². The van der Waals surface area contributed by atoms with E-state index in [1.165, 1.54) is 16.8 Å². The summed E-state index contributed by atoms with van der Waals surface area (Å²) in [6, 6.07) is 21.5. The third-order valence-electron chi connectivity index (χ3n) is 6.64. The number of methoxy groups -OCH3 is 1. The molecule has 33 heavy (non-hydrogen) atoms. The van der Waals surface area contributed by atoms with Crippen molar-refractivity contribution in [3.05, 3.63) is 78.1 Å². The van der Waals surface area contributed by atoms with Crippen molar-refractivity contribution in [2.75, 3.05) is 39.8 Å². The third kappa shape index (κ3) is 4.60. The molecule has 0 saturated carbocycles. The van der Waals surface area contributed by atoms with Gasteiger partial charge in [-0.1, -0.05) is 36.4 Å². The molecule has 0 radical (unpaired) electrons. The highest BCUT2D eigenvalue weighted by Gasteiger charge is 2.21. The minimum atomic E-state index is -0.459. The Morgan fingerprint density at radius 3 is 2.09 bits per heavy atom. The van der Waals surface area contributed by atoms with E-state index in [0.29, 0.717) is 19.6 Å². The zero-order chi connectivity index (χ0) is 22.8. The van der Waals surface area contributed by atoms with Crippen LogP contribution in [-0.2, 0) is 13.1 Å². The number of hydrogen-bond acceptors (Lipinski definition) is 4. The summed E-state index contributed by atoms with van der Waals surface area (Å²) in [4.78, 5) is 4.63. The highest BCUT2D eigenvalue weighted by Crippen LogP contribution is 2.29. The monoisotopic (exact) mass is 447 g/mol. The standard InChI is InChI=1S/C27H30FN3O2/c1-33-27-11-10-21(28)16-20(27)17-29-12-14-30(15-13-29)18-22(32)19-31-25-8-4-2-6-23(25)24-7-3-5-9-26(24)31/h2-11,16,22,32H,12-15,17-19H2,1H3. The molecule has 1 atom stereocenters. The number of para-hydroxylation sites is 2. The molecule has 0 spiro atoms. The molecule has 0 amide bonds. The zero-order valence-corrected chi connectivity index (χ0v) is 19.0. The summed E-state index contributed by atoms with van der Waals surface area (Å²) >= 11 is 0. The van der Waals surface area contributed by atoms with Gasteiger partial charge >= 0.3 is 0 Å². The Balaban J connectivity index is 1.21. The van der Waals surface area contributed by atoms with Gasteiger partial charge in [0.1, 0.15) is 11.6 Å². The fraction of sp³-hybridized carbons (Fsp3) is 0.333. The molecule has 1 unspecified atom stereocenters. The Morgan fingerprint density at radius 1 is 0.848 bits per heavy atom. The summed E-state index contributed by atoms with van der Waals surface area (Å²) in [6.07, 6.45) is -0.459. The molecule has 1 aromatic heterocycles. The van der Waals surface area contributed by atoms with Crippen LogP contribution in [0.4, 0.5) is 4.39 Å². The minimum absolute atomic E-state index is 0.238. The van der Waals surface area contributed by atoms with Gasteiger partial charge in [-0.15, -0.1) is 0 Å². The van der Waals surface area contributed by atoms with E-state index in [1.807, 2.05) is 0 Å². The van der Waals surface area contributed by atoms with Crippen molar-refractivity contribution in [2.24, 2.45) is 0 Å². The molecule has 2 heterocycles. The van der Waals surface area contributed by atoms with Gasteiger partial charge in [-0.2, -0.15) is 0 Å². The van der Waals surface area contributed by atoms with E-state index < -0.39 is 6.10 Å². The second kappa shape index (κ2) is 9.51. The molecule has 0 bridgehead atoms. The Kier molecular flexibility index (Phi) is 6.31. The van der Waals surface area contributed by atoms with E-state index in [4.69, 9.17) is 4.74 Å². The van der Waals surface area contributed by atoms with Crippen molar-refractivity contribution < 1.29 is 14.2 Å². The number of halogens is 1. The van der Waals surface area contributed by atoms with Gasteiger partial charge in [-0.3, -0.25) is 9.80 Å². The van der Waals surface area contributed by atoms with Crippen LogP contribution in [0.3, 0.4) is 0 Å². The van der Waals surface area contributed by atoms with Crippen LogP contribution < -0.4 is 4.74 Å². The van der Waals surface area contributed by atoms with Crippen LogP contribution in [0.1, 0.15) is 5.56 Å². The lowest BCUT2D eigenvalue weighted by molar-refractivity contribution is 0.0631. The fourth-order valence-electron chi connectivity index (χ4n) is 5.01. The van der Waals surface area contributed by atoms with Crippen LogP contribution in [0.5, 0.6) is 5.75 Å².